The predicted molar refractivity (Wildman–Crippen MR) is 150 cm³/mol. The molecule has 0 radical (unpaired) electrons. The molecule has 0 N–H and O–H groups in total. The monoisotopic (exact) mass is 606 g/mol. The highest BCUT2D eigenvalue weighted by Gasteiger charge is 2.61. The topological polar surface area (TPSA) is 85.8 Å². The summed E-state index contributed by atoms with van der Waals surface area (Å²) >= 11 is 12.5. The highest BCUT2D eigenvalue weighted by atomic mass is 35.5. The van der Waals surface area contributed by atoms with Gasteiger partial charge in [0.2, 0.25) is 5.88 Å². The molecule has 3 aromatic rings. The summed E-state index contributed by atoms with van der Waals surface area (Å²) in [7, 11) is -4.11. The number of halogens is 3. The smallest absolute Gasteiger partial charge is 0.410 e. The summed E-state index contributed by atoms with van der Waals surface area (Å²) in [5.41, 5.74) is 0.936. The molecular weight excluding hydrogens is 578 g/mol. The molecule has 1 fully saturated rings. The zero-order valence-electron chi connectivity index (χ0n) is 22.3. The molecule has 7 nitrogen and oxygen atoms in total. The minimum atomic E-state index is -4.11. The van der Waals surface area contributed by atoms with Crippen molar-refractivity contribution in [1.82, 2.24) is 9.88 Å². The largest absolute Gasteiger partial charge is 0.473 e. The average Bonchev–Trinajstić information content (AvgIpc) is 3.29. The molecule has 0 spiro atoms. The van der Waals surface area contributed by atoms with Crippen molar-refractivity contribution in [3.63, 3.8) is 0 Å². The van der Waals surface area contributed by atoms with Gasteiger partial charge in [0.05, 0.1) is 10.9 Å². The van der Waals surface area contributed by atoms with E-state index >= 15 is 0 Å². The van der Waals surface area contributed by atoms with Crippen LogP contribution in [0.1, 0.15) is 50.4 Å². The average molecular weight is 608 g/mol. The van der Waals surface area contributed by atoms with Gasteiger partial charge in [0.1, 0.15) is 22.8 Å². The van der Waals surface area contributed by atoms with E-state index in [-0.39, 0.29) is 24.5 Å². The highest BCUT2D eigenvalue weighted by Crippen LogP contribution is 2.53. The zero-order chi connectivity index (χ0) is 28.9. The van der Waals surface area contributed by atoms with Crippen molar-refractivity contribution in [2.24, 2.45) is 0 Å². The van der Waals surface area contributed by atoms with E-state index in [0.717, 1.165) is 12.1 Å². The molecule has 0 bridgehead atoms. The number of aromatic nitrogens is 1. The number of hydrogen-bond acceptors (Lipinski definition) is 6. The lowest BCUT2D eigenvalue weighted by atomic mass is 9.81. The number of aryl methyl sites for hydroxylation is 1. The Morgan fingerprint density at radius 1 is 1.10 bits per heavy atom. The number of amides is 1. The van der Waals surface area contributed by atoms with Crippen LogP contribution in [0.25, 0.3) is 0 Å². The molecule has 1 aliphatic heterocycles. The van der Waals surface area contributed by atoms with Crippen LogP contribution in [0.4, 0.5) is 9.18 Å². The number of carbonyl (C=O) groups excluding carboxylic acids is 1. The van der Waals surface area contributed by atoms with Crippen LogP contribution in [-0.2, 0) is 32.3 Å². The summed E-state index contributed by atoms with van der Waals surface area (Å²) in [4.78, 5) is 19.4. The number of ether oxygens (including phenoxy) is 2. The first-order chi connectivity index (χ1) is 18.8. The van der Waals surface area contributed by atoms with Crippen LogP contribution in [0.3, 0.4) is 0 Å². The SMILES string of the molecule is CC(C)(C)OC(=O)N1CCC2(S(=O)(=O)c3ccc(F)cc3)c3ccc(OCc4c(Cl)cccc4Cl)nc3CCC12. The van der Waals surface area contributed by atoms with Gasteiger partial charge in [-0.2, -0.15) is 0 Å². The Labute approximate surface area is 243 Å². The number of hydrogen-bond donors (Lipinski definition) is 0. The minimum absolute atomic E-state index is 0.0218. The Morgan fingerprint density at radius 2 is 1.77 bits per heavy atom. The van der Waals surface area contributed by atoms with Crippen LogP contribution >= 0.6 is 23.2 Å². The van der Waals surface area contributed by atoms with Gasteiger partial charge in [-0.15, -0.1) is 0 Å². The fourth-order valence-corrected chi connectivity index (χ4v) is 8.47. The van der Waals surface area contributed by atoms with Crippen molar-refractivity contribution in [2.75, 3.05) is 6.54 Å². The van der Waals surface area contributed by atoms with Crippen LogP contribution in [0, 0.1) is 5.82 Å². The van der Waals surface area contributed by atoms with Gasteiger partial charge >= 0.3 is 6.09 Å². The van der Waals surface area contributed by atoms with Crippen LogP contribution in [0.15, 0.2) is 59.5 Å². The molecule has 2 atom stereocenters. The first kappa shape index (κ1) is 28.6. The van der Waals surface area contributed by atoms with Gasteiger partial charge in [-0.25, -0.2) is 22.6 Å². The van der Waals surface area contributed by atoms with Crippen molar-refractivity contribution in [3.05, 3.63) is 87.3 Å². The molecule has 1 aliphatic carbocycles. The van der Waals surface area contributed by atoms with Gasteiger partial charge in [-0.1, -0.05) is 35.3 Å². The van der Waals surface area contributed by atoms with Gasteiger partial charge in [0.25, 0.3) is 0 Å². The van der Waals surface area contributed by atoms with E-state index in [1.807, 2.05) is 0 Å². The van der Waals surface area contributed by atoms with Crippen molar-refractivity contribution in [3.8, 4) is 5.88 Å². The molecule has 11 heteroatoms. The Bertz CT molecular complexity index is 1540. The van der Waals surface area contributed by atoms with E-state index in [2.05, 4.69) is 4.98 Å². The molecule has 2 unspecified atom stereocenters. The molecule has 2 aliphatic rings. The van der Waals surface area contributed by atoms with Crippen LogP contribution < -0.4 is 4.74 Å². The second-order valence-corrected chi connectivity index (χ2v) is 14.0. The molecule has 5 rings (SSSR count). The lowest BCUT2D eigenvalue weighted by Crippen LogP contribution is -2.53. The predicted octanol–water partition coefficient (Wildman–Crippen LogP) is 6.73. The Morgan fingerprint density at radius 3 is 2.42 bits per heavy atom. The zero-order valence-corrected chi connectivity index (χ0v) is 24.6. The molecule has 1 amide bonds. The first-order valence-electron chi connectivity index (χ1n) is 12.9. The second kappa shape index (κ2) is 10.5. The first-order valence-corrected chi connectivity index (χ1v) is 15.1. The fraction of sp³-hybridized carbons (Fsp3) is 0.379. The number of likely N-dealkylation sites (tertiary alicyclic amines) is 1. The summed E-state index contributed by atoms with van der Waals surface area (Å²) in [5.74, 6) is -0.245. The third-order valence-corrected chi connectivity index (χ3v) is 10.6. The number of benzene rings is 2. The molecule has 0 saturated carbocycles. The van der Waals surface area contributed by atoms with E-state index in [1.54, 1.807) is 51.1 Å². The lowest BCUT2D eigenvalue weighted by molar-refractivity contribution is 0.0201. The van der Waals surface area contributed by atoms with Crippen molar-refractivity contribution >= 4 is 39.1 Å². The van der Waals surface area contributed by atoms with E-state index in [9.17, 15) is 17.6 Å². The molecule has 1 saturated heterocycles. The van der Waals surface area contributed by atoms with E-state index < -0.39 is 38.1 Å². The van der Waals surface area contributed by atoms with Crippen molar-refractivity contribution in [1.29, 1.82) is 0 Å². The maximum Gasteiger partial charge on any atom is 0.410 e. The second-order valence-electron chi connectivity index (χ2n) is 11.0. The van der Waals surface area contributed by atoms with E-state index in [4.69, 9.17) is 32.7 Å². The summed E-state index contributed by atoms with van der Waals surface area (Å²) in [5, 5.41) is 0.927. The molecule has 2 aromatic carbocycles. The third kappa shape index (κ3) is 5.03. The number of rotatable bonds is 5. The van der Waals surface area contributed by atoms with Crippen LogP contribution in [-0.4, -0.2) is 42.6 Å². The Balaban J connectivity index is 1.56. The van der Waals surface area contributed by atoms with Crippen LogP contribution in [0.5, 0.6) is 5.88 Å². The van der Waals surface area contributed by atoms with E-state index in [1.165, 1.54) is 17.0 Å². The quantitative estimate of drug-likeness (QED) is 0.299. The Hall–Kier alpha value is -2.88. The minimum Gasteiger partial charge on any atom is -0.473 e. The van der Waals surface area contributed by atoms with E-state index in [0.29, 0.717) is 45.6 Å². The Kier molecular flexibility index (Phi) is 7.52. The van der Waals surface area contributed by atoms with Crippen LogP contribution in [0.2, 0.25) is 10.0 Å². The van der Waals surface area contributed by atoms with Crippen molar-refractivity contribution in [2.45, 2.75) is 67.9 Å². The van der Waals surface area contributed by atoms with Gasteiger partial charge in [0, 0.05) is 33.9 Å². The van der Waals surface area contributed by atoms with Gasteiger partial charge in [0.15, 0.2) is 9.84 Å². The van der Waals surface area contributed by atoms with Gasteiger partial charge in [-0.3, -0.25) is 0 Å². The standard InChI is InChI=1S/C29H29Cl2FN2O5S/c1-28(2,3)39-27(35)34-16-15-29(40(36,37)19-9-7-18(32)8-10-19)21-11-14-26(33-24(21)12-13-25(29)34)38-17-20-22(30)5-4-6-23(20)31/h4-11,14,25H,12-13,15-17H2,1-3H3. The molecule has 1 aromatic heterocycles. The molecular formula is C29H29Cl2FN2O5S. The molecule has 2 heterocycles. The van der Waals surface area contributed by atoms with Gasteiger partial charge in [-0.05, 0) is 82.0 Å². The number of carbonyl (C=O) groups is 1. The maximum absolute atomic E-state index is 14.4. The number of pyridine rings is 1. The van der Waals surface area contributed by atoms with Gasteiger partial charge < -0.3 is 14.4 Å². The highest BCUT2D eigenvalue weighted by molar-refractivity contribution is 7.92. The third-order valence-electron chi connectivity index (χ3n) is 7.36. The summed E-state index contributed by atoms with van der Waals surface area (Å²) in [6.45, 7) is 5.56. The lowest BCUT2D eigenvalue weighted by Gasteiger charge is -2.42. The maximum atomic E-state index is 14.4. The van der Waals surface area contributed by atoms with Crippen molar-refractivity contribution < 1.29 is 27.1 Å². The molecule has 212 valence electrons. The number of nitrogens with zero attached hydrogens (tertiary/aromatic N) is 2. The number of fused-ring (bicyclic) bond motifs is 3. The summed E-state index contributed by atoms with van der Waals surface area (Å²) in [6.07, 6.45) is 0.339. The molecule has 40 heavy (non-hydrogen) atoms. The summed E-state index contributed by atoms with van der Waals surface area (Å²) < 4.78 is 52.6. The normalized spacial score (nSPS) is 20.6. The fourth-order valence-electron chi connectivity index (χ4n) is 5.61. The summed E-state index contributed by atoms with van der Waals surface area (Å²) in [6, 6.07) is 12.6. The number of sulfone groups is 1.